The van der Waals surface area contributed by atoms with Crippen LogP contribution in [0.3, 0.4) is 0 Å². The van der Waals surface area contributed by atoms with Gasteiger partial charge < -0.3 is 20.7 Å². The number of nitrogen functional groups attached to an aromatic ring is 1. The molecule has 0 unspecified atom stereocenters. The third-order valence-electron chi connectivity index (χ3n) is 5.27. The van der Waals surface area contributed by atoms with Crippen molar-refractivity contribution in [1.82, 2.24) is 20.2 Å². The molecule has 1 aliphatic rings. The van der Waals surface area contributed by atoms with Crippen LogP contribution in [0.1, 0.15) is 18.4 Å². The average Bonchev–Trinajstić information content (AvgIpc) is 2.86. The van der Waals surface area contributed by atoms with Crippen LogP contribution in [-0.2, 0) is 6.54 Å². The Morgan fingerprint density at radius 3 is 2.39 bits per heavy atom. The first-order valence-electron chi connectivity index (χ1n) is 10.6. The number of aromatic nitrogens is 2. The van der Waals surface area contributed by atoms with Crippen molar-refractivity contribution in [3.8, 4) is 17.1 Å². The summed E-state index contributed by atoms with van der Waals surface area (Å²) in [5.74, 6) is 0. The molecule has 2 amide bonds. The van der Waals surface area contributed by atoms with Crippen LogP contribution in [0.25, 0.3) is 11.1 Å². The van der Waals surface area contributed by atoms with E-state index in [1.807, 2.05) is 42.5 Å². The lowest BCUT2D eigenvalue weighted by Gasteiger charge is -2.31. The van der Waals surface area contributed by atoms with Gasteiger partial charge in [0.1, 0.15) is 6.10 Å². The van der Waals surface area contributed by atoms with E-state index < -0.39 is 0 Å². The van der Waals surface area contributed by atoms with Gasteiger partial charge in [0.2, 0.25) is 0 Å². The molecule has 1 aromatic heterocycles. The topological polar surface area (TPSA) is 93.4 Å². The molecule has 174 valence electrons. The van der Waals surface area contributed by atoms with Crippen LogP contribution >= 0.6 is 24.2 Å². The standard InChI is InChI=1S/C23H24ClN5O2.CH4S/c24-21-14-17(16-4-6-19(25)7-5-16)2-3-18(21)15-28-23(30)29-12-8-20(9-13-29)31-22-26-10-1-11-27-22;1-2/h1-7,10-11,14,20H,8-9,12-13,15,25H2,(H,28,30);2H,1H3. The summed E-state index contributed by atoms with van der Waals surface area (Å²) in [6, 6.07) is 15.5. The van der Waals surface area contributed by atoms with Gasteiger partial charge in [-0.3, -0.25) is 0 Å². The van der Waals surface area contributed by atoms with Crippen molar-refractivity contribution in [2.75, 3.05) is 25.1 Å². The van der Waals surface area contributed by atoms with Crippen LogP contribution in [0.5, 0.6) is 6.01 Å². The summed E-state index contributed by atoms with van der Waals surface area (Å²) in [6.45, 7) is 1.61. The number of likely N-dealkylation sites (tertiary alicyclic amines) is 1. The zero-order valence-corrected chi connectivity index (χ0v) is 20.1. The van der Waals surface area contributed by atoms with Crippen molar-refractivity contribution in [3.05, 3.63) is 71.5 Å². The maximum Gasteiger partial charge on any atom is 0.317 e. The van der Waals surface area contributed by atoms with Gasteiger partial charge in [0, 0.05) is 55.6 Å². The van der Waals surface area contributed by atoms with Crippen LogP contribution in [0, 0.1) is 0 Å². The molecule has 1 aliphatic heterocycles. The second-order valence-corrected chi connectivity index (χ2v) is 7.83. The molecule has 0 bridgehead atoms. The number of anilines is 1. The summed E-state index contributed by atoms with van der Waals surface area (Å²) < 4.78 is 5.78. The van der Waals surface area contributed by atoms with Gasteiger partial charge in [0.05, 0.1) is 0 Å². The highest BCUT2D eigenvalue weighted by atomic mass is 35.5. The highest BCUT2D eigenvalue weighted by molar-refractivity contribution is 7.79. The lowest BCUT2D eigenvalue weighted by atomic mass is 10.0. The number of ether oxygens (including phenoxy) is 1. The molecular weight excluding hydrogens is 458 g/mol. The number of piperidine rings is 1. The van der Waals surface area contributed by atoms with Crippen LogP contribution in [-0.4, -0.2) is 46.3 Å². The van der Waals surface area contributed by atoms with Crippen LogP contribution in [0.4, 0.5) is 10.5 Å². The minimum atomic E-state index is -0.104. The largest absolute Gasteiger partial charge is 0.460 e. The molecule has 0 spiro atoms. The second-order valence-electron chi connectivity index (χ2n) is 7.42. The number of carbonyl (C=O) groups excluding carboxylic acids is 1. The Labute approximate surface area is 204 Å². The molecule has 0 saturated carbocycles. The predicted octanol–water partition coefficient (Wildman–Crippen LogP) is 4.68. The number of rotatable bonds is 5. The number of nitrogens with two attached hydrogens (primary N) is 1. The normalized spacial score (nSPS) is 13.6. The molecule has 33 heavy (non-hydrogen) atoms. The van der Waals surface area contributed by atoms with Crippen LogP contribution in [0.15, 0.2) is 60.9 Å². The summed E-state index contributed by atoms with van der Waals surface area (Å²) >= 11 is 9.99. The monoisotopic (exact) mass is 485 g/mol. The number of urea groups is 1. The lowest BCUT2D eigenvalue weighted by molar-refractivity contribution is 0.103. The SMILES string of the molecule is CS.Nc1ccc(-c2ccc(CNC(=O)N3CCC(Oc4ncccn4)CC3)c(Cl)c2)cc1. The van der Waals surface area contributed by atoms with E-state index in [-0.39, 0.29) is 12.1 Å². The van der Waals surface area contributed by atoms with Crippen LogP contribution < -0.4 is 15.8 Å². The number of amides is 2. The summed E-state index contributed by atoms with van der Waals surface area (Å²) in [5, 5.41) is 3.58. The minimum absolute atomic E-state index is 0.0155. The van der Waals surface area contributed by atoms with Crippen molar-refractivity contribution in [2.24, 2.45) is 0 Å². The van der Waals surface area contributed by atoms with Gasteiger partial charge in [0.25, 0.3) is 0 Å². The molecule has 9 heteroatoms. The third kappa shape index (κ3) is 7.00. The molecule has 2 aromatic carbocycles. The van der Waals surface area contributed by atoms with Gasteiger partial charge in [0.15, 0.2) is 0 Å². The zero-order valence-electron chi connectivity index (χ0n) is 18.4. The van der Waals surface area contributed by atoms with Gasteiger partial charge in [-0.15, -0.1) is 0 Å². The van der Waals surface area contributed by atoms with Gasteiger partial charge in [-0.05, 0) is 47.2 Å². The van der Waals surface area contributed by atoms with Crippen molar-refractivity contribution < 1.29 is 9.53 Å². The Bertz CT molecular complexity index is 1030. The molecule has 7 nitrogen and oxygen atoms in total. The summed E-state index contributed by atoms with van der Waals surface area (Å²) in [6.07, 6.45) is 6.49. The second kappa shape index (κ2) is 12.3. The van der Waals surface area contributed by atoms with E-state index >= 15 is 0 Å². The highest BCUT2D eigenvalue weighted by Crippen LogP contribution is 2.26. The first-order valence-corrected chi connectivity index (χ1v) is 11.9. The third-order valence-corrected chi connectivity index (χ3v) is 5.62. The molecular formula is C24H28ClN5O2S. The Kier molecular flexibility index (Phi) is 9.21. The summed E-state index contributed by atoms with van der Waals surface area (Å²) in [5.41, 5.74) is 9.38. The van der Waals surface area contributed by atoms with Gasteiger partial charge in [-0.25, -0.2) is 14.8 Å². The number of nitrogens with one attached hydrogen (secondary N) is 1. The maximum absolute atomic E-state index is 12.6. The summed E-state index contributed by atoms with van der Waals surface area (Å²) in [7, 11) is 0. The smallest absolute Gasteiger partial charge is 0.317 e. The molecule has 4 rings (SSSR count). The fraction of sp³-hybridized carbons (Fsp3) is 0.292. The predicted molar refractivity (Wildman–Crippen MR) is 136 cm³/mol. The Morgan fingerprint density at radius 1 is 1.12 bits per heavy atom. The first-order chi connectivity index (χ1) is 16.1. The number of carbonyl (C=O) groups is 1. The Hall–Kier alpha value is -2.97. The fourth-order valence-corrected chi connectivity index (χ4v) is 3.75. The number of halogens is 1. The molecule has 1 saturated heterocycles. The quantitative estimate of drug-likeness (QED) is 0.360. The van der Waals surface area contributed by atoms with E-state index in [1.54, 1.807) is 29.6 Å². The van der Waals surface area contributed by atoms with E-state index in [9.17, 15) is 4.79 Å². The molecule has 1 fully saturated rings. The van der Waals surface area contributed by atoms with Crippen molar-refractivity contribution in [2.45, 2.75) is 25.5 Å². The van der Waals surface area contributed by atoms with Gasteiger partial charge in [-0.2, -0.15) is 12.6 Å². The molecule has 0 aliphatic carbocycles. The van der Waals surface area contributed by atoms with Crippen molar-refractivity contribution in [1.29, 1.82) is 0 Å². The first kappa shape index (κ1) is 24.7. The highest BCUT2D eigenvalue weighted by Gasteiger charge is 2.24. The number of thiol groups is 1. The average molecular weight is 486 g/mol. The number of hydrogen-bond donors (Lipinski definition) is 3. The fourth-order valence-electron chi connectivity index (χ4n) is 3.50. The van der Waals surface area contributed by atoms with E-state index in [0.717, 1.165) is 35.2 Å². The molecule has 3 N–H and O–H groups in total. The Morgan fingerprint density at radius 2 is 1.76 bits per heavy atom. The van der Waals surface area contributed by atoms with Gasteiger partial charge in [-0.1, -0.05) is 35.9 Å². The van der Waals surface area contributed by atoms with Crippen LogP contribution in [0.2, 0.25) is 5.02 Å². The number of benzene rings is 2. The Balaban J connectivity index is 0.00000149. The van der Waals surface area contributed by atoms with Gasteiger partial charge >= 0.3 is 12.0 Å². The van der Waals surface area contributed by atoms with E-state index in [1.165, 1.54) is 0 Å². The minimum Gasteiger partial charge on any atom is -0.460 e. The van der Waals surface area contributed by atoms with Crippen molar-refractivity contribution in [3.63, 3.8) is 0 Å². The number of nitrogens with zero attached hydrogens (tertiary/aromatic N) is 3. The molecule has 0 radical (unpaired) electrons. The van der Waals surface area contributed by atoms with E-state index in [4.69, 9.17) is 22.1 Å². The summed E-state index contributed by atoms with van der Waals surface area (Å²) in [4.78, 5) is 22.5. The molecule has 0 atom stereocenters. The molecule has 2 heterocycles. The maximum atomic E-state index is 12.6. The van der Waals surface area contributed by atoms with Crippen molar-refractivity contribution >= 4 is 35.9 Å². The zero-order chi connectivity index (χ0) is 23.6. The van der Waals surface area contributed by atoms with E-state index in [0.29, 0.717) is 30.7 Å². The van der Waals surface area contributed by atoms with E-state index in [2.05, 4.69) is 27.9 Å². The number of hydrogen-bond acceptors (Lipinski definition) is 6. The lowest BCUT2D eigenvalue weighted by Crippen LogP contribution is -2.46. The molecule has 3 aromatic rings.